The number of hydrogen-bond donors (Lipinski definition) is 0. The number of ether oxygens (including phenoxy) is 1. The van der Waals surface area contributed by atoms with Gasteiger partial charge in [-0.25, -0.2) is 4.79 Å². The molecule has 1 aromatic carbocycles. The second-order valence-electron chi connectivity index (χ2n) is 7.09. The molecular weight excluding hydrogens is 342 g/mol. The fourth-order valence-electron chi connectivity index (χ4n) is 3.61. The van der Waals surface area contributed by atoms with E-state index < -0.39 is 0 Å². The average molecular weight is 371 g/mol. The smallest absolute Gasteiger partial charge is 0.330 e. The topological polar surface area (TPSA) is 56.5 Å². The molecule has 0 unspecified atom stereocenters. The number of rotatable bonds is 2. The molecule has 1 aliphatic rings. The predicted molar refractivity (Wildman–Crippen MR) is 108 cm³/mol. The predicted octanol–water partition coefficient (Wildman–Crippen LogP) is 2.88. The maximum atomic E-state index is 12.5. The monoisotopic (exact) mass is 371 g/mol. The van der Waals surface area contributed by atoms with Crippen LogP contribution in [0.4, 0.5) is 5.69 Å². The molecule has 3 rings (SSSR count). The number of nitrogens with zero attached hydrogens (tertiary/aromatic N) is 3. The first-order valence-electron chi connectivity index (χ1n) is 9.88. The second-order valence-corrected chi connectivity index (χ2v) is 7.09. The first kappa shape index (κ1) is 19.3. The van der Waals surface area contributed by atoms with Gasteiger partial charge in [-0.15, -0.1) is 0 Å². The summed E-state index contributed by atoms with van der Waals surface area (Å²) in [5, 5.41) is 0. The highest BCUT2D eigenvalue weighted by atomic mass is 16.5. The van der Waals surface area contributed by atoms with Crippen LogP contribution in [0.1, 0.15) is 38.5 Å². The number of benzene rings is 1. The van der Waals surface area contributed by atoms with Crippen LogP contribution in [0, 0.1) is 0 Å². The third kappa shape index (κ3) is 5.02. The maximum Gasteiger partial charge on any atom is 0.330 e. The Hall–Kier alpha value is -2.50. The maximum absolute atomic E-state index is 12.5. The molecule has 0 N–H and O–H groups in total. The van der Waals surface area contributed by atoms with Crippen LogP contribution < -0.4 is 20.9 Å². The third-order valence-corrected chi connectivity index (χ3v) is 5.21. The zero-order valence-corrected chi connectivity index (χ0v) is 16.1. The van der Waals surface area contributed by atoms with Gasteiger partial charge >= 0.3 is 5.69 Å². The van der Waals surface area contributed by atoms with Crippen LogP contribution in [0.25, 0.3) is 0 Å². The Morgan fingerprint density at radius 3 is 2.07 bits per heavy atom. The Bertz CT molecular complexity index is 839. The molecule has 6 nitrogen and oxygen atoms in total. The van der Waals surface area contributed by atoms with Crippen molar-refractivity contribution in [3.05, 3.63) is 57.4 Å². The molecule has 0 fully saturated rings. The Kier molecular flexibility index (Phi) is 6.74. The van der Waals surface area contributed by atoms with Crippen LogP contribution in [-0.2, 0) is 13.1 Å². The zero-order chi connectivity index (χ0) is 19.1. The highest BCUT2D eigenvalue weighted by Gasteiger charge is 2.09. The van der Waals surface area contributed by atoms with Gasteiger partial charge in [-0.3, -0.25) is 9.36 Å². The van der Waals surface area contributed by atoms with E-state index in [9.17, 15) is 9.59 Å². The lowest BCUT2D eigenvalue weighted by Crippen LogP contribution is -2.39. The molecule has 0 atom stereocenters. The van der Waals surface area contributed by atoms with Gasteiger partial charge in [0, 0.05) is 44.1 Å². The molecule has 146 valence electrons. The summed E-state index contributed by atoms with van der Waals surface area (Å²) in [6.07, 6.45) is 7.59. The summed E-state index contributed by atoms with van der Waals surface area (Å²) in [5.74, 6) is 0.873. The summed E-state index contributed by atoms with van der Waals surface area (Å²) in [6.45, 7) is 3.17. The van der Waals surface area contributed by atoms with Crippen molar-refractivity contribution in [1.82, 2.24) is 9.13 Å². The van der Waals surface area contributed by atoms with Crippen molar-refractivity contribution in [2.75, 3.05) is 25.1 Å². The molecule has 6 heteroatoms. The Balaban J connectivity index is 1.69. The summed E-state index contributed by atoms with van der Waals surface area (Å²) in [6, 6.07) is 9.76. The van der Waals surface area contributed by atoms with E-state index in [2.05, 4.69) is 17.0 Å². The highest BCUT2D eigenvalue weighted by molar-refractivity contribution is 5.49. The van der Waals surface area contributed by atoms with Crippen LogP contribution >= 0.6 is 0 Å². The Morgan fingerprint density at radius 1 is 0.778 bits per heavy atom. The van der Waals surface area contributed by atoms with Crippen LogP contribution in [0.15, 0.2) is 46.1 Å². The van der Waals surface area contributed by atoms with Crippen molar-refractivity contribution in [3.8, 4) is 5.75 Å². The summed E-state index contributed by atoms with van der Waals surface area (Å²) in [7, 11) is 1.68. The van der Waals surface area contributed by atoms with Crippen molar-refractivity contribution in [1.29, 1.82) is 0 Å². The molecule has 0 radical (unpaired) electrons. The van der Waals surface area contributed by atoms with Gasteiger partial charge in [-0.05, 0) is 62.8 Å². The minimum absolute atomic E-state index is 0.167. The molecule has 2 heterocycles. The van der Waals surface area contributed by atoms with Gasteiger partial charge in [0.05, 0.1) is 7.11 Å². The van der Waals surface area contributed by atoms with Gasteiger partial charge < -0.3 is 14.2 Å². The number of aryl methyl sites for hydroxylation is 1. The SMILES string of the molecule is COc1ccc(N2CCCCCn3ccc(=O)n(c3=O)CCCCC2)cc1. The molecule has 0 saturated heterocycles. The highest BCUT2D eigenvalue weighted by Crippen LogP contribution is 2.20. The van der Waals surface area contributed by atoms with E-state index in [-0.39, 0.29) is 11.2 Å². The van der Waals surface area contributed by atoms with E-state index in [1.54, 1.807) is 17.9 Å². The minimum atomic E-state index is -0.191. The quantitative estimate of drug-likeness (QED) is 0.815. The van der Waals surface area contributed by atoms with Gasteiger partial charge in [0.15, 0.2) is 0 Å². The summed E-state index contributed by atoms with van der Waals surface area (Å²) in [4.78, 5) is 26.9. The Labute approximate surface area is 160 Å². The molecular formula is C21H29N3O3. The molecule has 2 bridgehead atoms. The second kappa shape index (κ2) is 9.44. The molecule has 1 aliphatic heterocycles. The van der Waals surface area contributed by atoms with E-state index >= 15 is 0 Å². The normalized spacial score (nSPS) is 16.6. The van der Waals surface area contributed by atoms with Crippen LogP contribution in [0.5, 0.6) is 5.75 Å². The number of methoxy groups -OCH3 is 1. The molecule has 0 saturated carbocycles. The molecule has 27 heavy (non-hydrogen) atoms. The van der Waals surface area contributed by atoms with Gasteiger partial charge in [-0.2, -0.15) is 0 Å². The first-order chi connectivity index (χ1) is 13.2. The van der Waals surface area contributed by atoms with Gasteiger partial charge in [0.25, 0.3) is 5.56 Å². The van der Waals surface area contributed by atoms with Crippen molar-refractivity contribution in [2.24, 2.45) is 0 Å². The fraction of sp³-hybridized carbons (Fsp3) is 0.524. The number of fused-ring (bicyclic) bond motifs is 2. The first-order valence-corrected chi connectivity index (χ1v) is 9.88. The third-order valence-electron chi connectivity index (χ3n) is 5.21. The van der Waals surface area contributed by atoms with Gasteiger partial charge in [-0.1, -0.05) is 0 Å². The lowest BCUT2D eigenvalue weighted by Gasteiger charge is -2.25. The van der Waals surface area contributed by atoms with Crippen LogP contribution in [0.3, 0.4) is 0 Å². The number of anilines is 1. The average Bonchev–Trinajstić information content (AvgIpc) is 2.69. The van der Waals surface area contributed by atoms with E-state index in [4.69, 9.17) is 4.74 Å². The van der Waals surface area contributed by atoms with E-state index in [1.165, 1.54) is 16.3 Å². The number of hydrogen-bond acceptors (Lipinski definition) is 4. The molecule has 0 aliphatic carbocycles. The minimum Gasteiger partial charge on any atom is -0.497 e. The van der Waals surface area contributed by atoms with Crippen LogP contribution in [-0.4, -0.2) is 29.3 Å². The molecule has 1 aromatic heterocycles. The molecule has 0 spiro atoms. The lowest BCUT2D eigenvalue weighted by atomic mass is 10.1. The van der Waals surface area contributed by atoms with Crippen molar-refractivity contribution in [3.63, 3.8) is 0 Å². The summed E-state index contributed by atoms with van der Waals surface area (Å²) in [5.41, 5.74) is 0.864. The summed E-state index contributed by atoms with van der Waals surface area (Å²) < 4.78 is 8.32. The fourth-order valence-corrected chi connectivity index (χ4v) is 3.61. The van der Waals surface area contributed by atoms with E-state index in [0.29, 0.717) is 13.1 Å². The lowest BCUT2D eigenvalue weighted by molar-refractivity contribution is 0.415. The van der Waals surface area contributed by atoms with Crippen LogP contribution in [0.2, 0.25) is 0 Å². The largest absolute Gasteiger partial charge is 0.497 e. The van der Waals surface area contributed by atoms with Crippen molar-refractivity contribution < 1.29 is 4.74 Å². The summed E-state index contributed by atoms with van der Waals surface area (Å²) >= 11 is 0. The zero-order valence-electron chi connectivity index (χ0n) is 16.1. The van der Waals surface area contributed by atoms with Crippen molar-refractivity contribution >= 4 is 5.69 Å². The number of aromatic nitrogens is 2. The standard InChI is InChI=1S/C21H29N3O3/c1-27-19-10-8-18(9-11-19)22-13-4-2-6-15-23-17-12-20(25)24(21(23)26)16-7-3-5-14-22/h8-12,17H,2-7,13-16H2,1H3. The van der Waals surface area contributed by atoms with E-state index in [0.717, 1.165) is 57.4 Å². The van der Waals surface area contributed by atoms with E-state index in [1.807, 2.05) is 12.1 Å². The van der Waals surface area contributed by atoms with Gasteiger partial charge in [0.2, 0.25) is 0 Å². The van der Waals surface area contributed by atoms with Crippen molar-refractivity contribution in [2.45, 2.75) is 51.6 Å². The molecule has 2 aromatic rings. The Morgan fingerprint density at radius 2 is 1.41 bits per heavy atom. The van der Waals surface area contributed by atoms with Gasteiger partial charge in [0.1, 0.15) is 5.75 Å². The molecule has 0 amide bonds.